The summed E-state index contributed by atoms with van der Waals surface area (Å²) >= 11 is 0. The van der Waals surface area contributed by atoms with Gasteiger partial charge in [-0.05, 0) is 12.1 Å². The van der Waals surface area contributed by atoms with Gasteiger partial charge in [0, 0.05) is 0 Å². The number of hydrogen-bond acceptors (Lipinski definition) is 4. The van der Waals surface area contributed by atoms with Crippen molar-refractivity contribution in [3.8, 4) is 5.75 Å². The number of hydrogen-bond donors (Lipinski definition) is 2. The van der Waals surface area contributed by atoms with Crippen LogP contribution in [0, 0.1) is 0 Å². The Labute approximate surface area is 88.5 Å². The van der Waals surface area contributed by atoms with E-state index in [1.165, 1.54) is 6.07 Å². The minimum atomic E-state index is -5.01. The van der Waals surface area contributed by atoms with Gasteiger partial charge >= 0.3 is 6.36 Å². The van der Waals surface area contributed by atoms with Gasteiger partial charge in [-0.3, -0.25) is 0 Å². The zero-order valence-corrected chi connectivity index (χ0v) is 8.34. The van der Waals surface area contributed by atoms with E-state index < -0.39 is 27.0 Å². The molecule has 16 heavy (non-hydrogen) atoms. The van der Waals surface area contributed by atoms with Crippen molar-refractivity contribution in [2.75, 3.05) is 0 Å². The van der Waals surface area contributed by atoms with Crippen LogP contribution < -0.4 is 9.62 Å². The second kappa shape index (κ2) is 4.28. The first-order valence-corrected chi connectivity index (χ1v) is 5.25. The third-order valence-electron chi connectivity index (χ3n) is 1.48. The summed E-state index contributed by atoms with van der Waals surface area (Å²) < 4.78 is 61.4. The highest BCUT2D eigenvalue weighted by Crippen LogP contribution is 2.28. The molecule has 1 rings (SSSR count). The van der Waals surface area contributed by atoms with Gasteiger partial charge in [-0.2, -0.15) is 0 Å². The molecule has 9 heteroatoms. The molecule has 0 saturated carbocycles. The van der Waals surface area contributed by atoms with E-state index in [0.29, 0.717) is 0 Å². The van der Waals surface area contributed by atoms with E-state index in [1.807, 2.05) is 0 Å². The Hall–Kier alpha value is -1.32. The highest BCUT2D eigenvalue weighted by Gasteiger charge is 2.33. The van der Waals surface area contributed by atoms with Crippen molar-refractivity contribution < 1.29 is 31.5 Å². The van der Waals surface area contributed by atoms with Crippen molar-refractivity contribution in [1.29, 1.82) is 0 Å². The maximum Gasteiger partial charge on any atom is 0.573 e. The molecule has 0 aliphatic heterocycles. The summed E-state index contributed by atoms with van der Waals surface area (Å²) in [5, 5.41) is 8.30. The van der Waals surface area contributed by atoms with Crippen LogP contribution >= 0.6 is 0 Å². The summed E-state index contributed by atoms with van der Waals surface area (Å²) in [7, 11) is -4.42. The molecule has 0 amide bonds. The summed E-state index contributed by atoms with van der Waals surface area (Å²) in [5.74, 6) is -0.920. The summed E-state index contributed by atoms with van der Waals surface area (Å²) in [6.45, 7) is 0. The highest BCUT2D eigenvalue weighted by atomic mass is 32.2. The van der Waals surface area contributed by atoms with Gasteiger partial charge in [-0.15, -0.1) is 13.2 Å². The Morgan fingerprint density at radius 3 is 2.31 bits per heavy atom. The van der Waals surface area contributed by atoms with E-state index in [9.17, 15) is 21.6 Å². The molecule has 1 aromatic rings. The molecule has 0 aliphatic rings. The molecule has 0 aromatic heterocycles. The topological polar surface area (TPSA) is 75.6 Å². The fourth-order valence-corrected chi connectivity index (χ4v) is 1.66. The average molecular weight is 257 g/mol. The van der Waals surface area contributed by atoms with Crippen molar-refractivity contribution in [1.82, 2.24) is 4.89 Å². The first kappa shape index (κ1) is 12.7. The number of ether oxygens (including phenoxy) is 1. The molecule has 0 fully saturated rings. The van der Waals surface area contributed by atoms with Crippen LogP contribution in [0.1, 0.15) is 0 Å². The predicted molar refractivity (Wildman–Crippen MR) is 45.2 cm³/mol. The maximum absolute atomic E-state index is 11.9. The number of benzene rings is 1. The quantitative estimate of drug-likeness (QED) is 0.799. The minimum absolute atomic E-state index is 0.810. The lowest BCUT2D eigenvalue weighted by atomic mass is 10.3. The zero-order valence-electron chi connectivity index (χ0n) is 7.52. The number of sulfonamides is 1. The predicted octanol–water partition coefficient (Wildman–Crippen LogP) is 1.25. The Bertz CT molecular complexity index is 471. The molecule has 0 saturated heterocycles. The first-order valence-electron chi connectivity index (χ1n) is 3.77. The fourth-order valence-electron chi connectivity index (χ4n) is 0.930. The molecular formula is C7H6F3NO4S. The molecule has 0 bridgehead atoms. The van der Waals surface area contributed by atoms with Gasteiger partial charge in [0.2, 0.25) is 0 Å². The molecule has 5 nitrogen and oxygen atoms in total. The standard InChI is InChI=1S/C7H6F3NO4S/c8-7(9,10)15-5-3-1-2-4-6(5)16(13,14)11-12/h1-4,11-12H. The van der Waals surface area contributed by atoms with Crippen LogP contribution in [0.5, 0.6) is 5.75 Å². The molecule has 2 N–H and O–H groups in total. The summed E-state index contributed by atoms with van der Waals surface area (Å²) in [5.41, 5.74) is 0. The highest BCUT2D eigenvalue weighted by molar-refractivity contribution is 7.89. The van der Waals surface area contributed by atoms with Crippen molar-refractivity contribution >= 4 is 10.0 Å². The van der Waals surface area contributed by atoms with E-state index in [-0.39, 0.29) is 0 Å². The van der Waals surface area contributed by atoms with E-state index in [4.69, 9.17) is 5.21 Å². The molecular weight excluding hydrogens is 251 g/mol. The average Bonchev–Trinajstić information content (AvgIpc) is 2.16. The van der Waals surface area contributed by atoms with E-state index >= 15 is 0 Å². The lowest BCUT2D eigenvalue weighted by Gasteiger charge is -2.12. The van der Waals surface area contributed by atoms with Gasteiger partial charge in [0.15, 0.2) is 0 Å². The molecule has 0 heterocycles. The van der Waals surface area contributed by atoms with Gasteiger partial charge in [0.25, 0.3) is 10.0 Å². The summed E-state index contributed by atoms with van der Waals surface area (Å²) in [6.07, 6.45) is -5.01. The zero-order chi connectivity index (χ0) is 12.4. The third kappa shape index (κ3) is 3.08. The van der Waals surface area contributed by atoms with Crippen LogP contribution in [0.25, 0.3) is 0 Å². The van der Waals surface area contributed by atoms with E-state index in [0.717, 1.165) is 23.1 Å². The molecule has 1 aromatic carbocycles. The molecule has 0 spiro atoms. The van der Waals surface area contributed by atoms with E-state index in [1.54, 1.807) is 0 Å². The van der Waals surface area contributed by atoms with Crippen molar-refractivity contribution in [3.63, 3.8) is 0 Å². The number of nitrogens with one attached hydrogen (secondary N) is 1. The Morgan fingerprint density at radius 2 is 1.81 bits per heavy atom. The molecule has 0 radical (unpaired) electrons. The van der Waals surface area contributed by atoms with Crippen molar-refractivity contribution in [3.05, 3.63) is 24.3 Å². The second-order valence-electron chi connectivity index (χ2n) is 2.59. The van der Waals surface area contributed by atoms with Gasteiger partial charge in [-0.25, -0.2) is 8.42 Å². The molecule has 0 atom stereocenters. The number of para-hydroxylation sites is 1. The molecule has 0 unspecified atom stereocenters. The largest absolute Gasteiger partial charge is 0.573 e. The monoisotopic (exact) mass is 257 g/mol. The van der Waals surface area contributed by atoms with Crippen LogP contribution in [0.15, 0.2) is 29.2 Å². The fraction of sp³-hybridized carbons (Fsp3) is 0.143. The SMILES string of the molecule is O=S(=O)(NO)c1ccccc1OC(F)(F)F. The Balaban J connectivity index is 3.22. The second-order valence-corrected chi connectivity index (χ2v) is 4.22. The van der Waals surface area contributed by atoms with Gasteiger partial charge < -0.3 is 9.94 Å². The van der Waals surface area contributed by atoms with Gasteiger partial charge in [-0.1, -0.05) is 17.0 Å². The summed E-state index contributed by atoms with van der Waals surface area (Å²) in [4.78, 5) is 0.0983. The van der Waals surface area contributed by atoms with Crippen LogP contribution in [0.4, 0.5) is 13.2 Å². The normalized spacial score (nSPS) is 12.5. The Kier molecular flexibility index (Phi) is 3.41. The maximum atomic E-state index is 11.9. The summed E-state index contributed by atoms with van der Waals surface area (Å²) in [6, 6.07) is 4.03. The smallest absolute Gasteiger partial charge is 0.404 e. The lowest BCUT2D eigenvalue weighted by Crippen LogP contribution is -2.23. The van der Waals surface area contributed by atoms with Crippen LogP contribution in [-0.4, -0.2) is 20.0 Å². The van der Waals surface area contributed by atoms with Crippen molar-refractivity contribution in [2.24, 2.45) is 0 Å². The van der Waals surface area contributed by atoms with Crippen molar-refractivity contribution in [2.45, 2.75) is 11.3 Å². The van der Waals surface area contributed by atoms with Crippen LogP contribution in [0.2, 0.25) is 0 Å². The van der Waals surface area contributed by atoms with Crippen LogP contribution in [0.3, 0.4) is 0 Å². The third-order valence-corrected chi connectivity index (χ3v) is 2.64. The van der Waals surface area contributed by atoms with Gasteiger partial charge in [0.05, 0.1) is 0 Å². The number of rotatable bonds is 3. The van der Waals surface area contributed by atoms with Gasteiger partial charge in [0.1, 0.15) is 10.6 Å². The lowest BCUT2D eigenvalue weighted by molar-refractivity contribution is -0.275. The molecule has 90 valence electrons. The number of alkyl halides is 3. The first-order chi connectivity index (χ1) is 7.26. The van der Waals surface area contributed by atoms with E-state index in [2.05, 4.69) is 4.74 Å². The van der Waals surface area contributed by atoms with Crippen LogP contribution in [-0.2, 0) is 10.0 Å². The number of halogens is 3. The Morgan fingerprint density at radius 1 is 1.25 bits per heavy atom. The molecule has 0 aliphatic carbocycles. The minimum Gasteiger partial charge on any atom is -0.404 e.